The number of benzene rings is 2. The van der Waals surface area contributed by atoms with E-state index in [-0.39, 0.29) is 10.6 Å². The summed E-state index contributed by atoms with van der Waals surface area (Å²) in [7, 11) is 0. The van der Waals surface area contributed by atoms with Gasteiger partial charge in [-0.05, 0) is 30.9 Å². The number of hydrogen-bond acceptors (Lipinski definition) is 3. The smallest absolute Gasteiger partial charge is 0.272 e. The van der Waals surface area contributed by atoms with Crippen LogP contribution >= 0.6 is 0 Å². The molecule has 2 aromatic carbocycles. The highest BCUT2D eigenvalue weighted by Crippen LogP contribution is 2.25. The second kappa shape index (κ2) is 6.30. The summed E-state index contributed by atoms with van der Waals surface area (Å²) in [6.07, 6.45) is 0.616. The number of aliphatic hydroxyl groups is 1. The molecule has 4 heteroatoms. The van der Waals surface area contributed by atoms with Crippen molar-refractivity contribution in [1.82, 2.24) is 0 Å². The fourth-order valence-corrected chi connectivity index (χ4v) is 2.27. The van der Waals surface area contributed by atoms with Gasteiger partial charge in [0.1, 0.15) is 0 Å². The Morgan fingerprint density at radius 1 is 1.15 bits per heavy atom. The molecule has 104 valence electrons. The van der Waals surface area contributed by atoms with Crippen molar-refractivity contribution in [1.29, 1.82) is 0 Å². The first-order valence-corrected chi connectivity index (χ1v) is 6.55. The maximum Gasteiger partial charge on any atom is 0.272 e. The van der Waals surface area contributed by atoms with Gasteiger partial charge in [-0.1, -0.05) is 42.5 Å². The first-order chi connectivity index (χ1) is 9.59. The van der Waals surface area contributed by atoms with Crippen LogP contribution in [0.3, 0.4) is 0 Å². The molecule has 4 nitrogen and oxygen atoms in total. The normalized spacial score (nSPS) is 12.1. The standard InChI is InChI=1S/C16H17NO3/c1-12-13(8-5-9-15(12)17(19)20)10-11-16(18)14-6-3-2-4-7-14/h2-9,16,18H,10-11H2,1H3. The van der Waals surface area contributed by atoms with Crippen molar-refractivity contribution in [2.75, 3.05) is 0 Å². The molecule has 20 heavy (non-hydrogen) atoms. The van der Waals surface area contributed by atoms with Gasteiger partial charge < -0.3 is 5.11 Å². The minimum Gasteiger partial charge on any atom is -0.388 e. The molecule has 0 aliphatic carbocycles. The van der Waals surface area contributed by atoms with Gasteiger partial charge in [-0.25, -0.2) is 0 Å². The first kappa shape index (κ1) is 14.2. The summed E-state index contributed by atoms with van der Waals surface area (Å²) >= 11 is 0. The van der Waals surface area contributed by atoms with Crippen molar-refractivity contribution >= 4 is 5.69 Å². The number of aryl methyl sites for hydroxylation is 1. The quantitative estimate of drug-likeness (QED) is 0.668. The van der Waals surface area contributed by atoms with Crippen molar-refractivity contribution in [3.05, 3.63) is 75.3 Å². The van der Waals surface area contributed by atoms with Crippen molar-refractivity contribution in [3.63, 3.8) is 0 Å². The third-order valence-corrected chi connectivity index (χ3v) is 3.49. The zero-order chi connectivity index (χ0) is 14.5. The van der Waals surface area contributed by atoms with Gasteiger partial charge in [0.15, 0.2) is 0 Å². The largest absolute Gasteiger partial charge is 0.388 e. The molecule has 0 amide bonds. The van der Waals surface area contributed by atoms with Crippen molar-refractivity contribution in [2.24, 2.45) is 0 Å². The minimum absolute atomic E-state index is 0.136. The molecular formula is C16H17NO3. The molecule has 0 saturated carbocycles. The summed E-state index contributed by atoms with van der Waals surface area (Å²) in [5.74, 6) is 0. The Labute approximate surface area is 117 Å². The lowest BCUT2D eigenvalue weighted by atomic mass is 9.98. The van der Waals surface area contributed by atoms with E-state index < -0.39 is 6.10 Å². The average molecular weight is 271 g/mol. The van der Waals surface area contributed by atoms with Crippen LogP contribution < -0.4 is 0 Å². The Morgan fingerprint density at radius 2 is 1.85 bits per heavy atom. The van der Waals surface area contributed by atoms with E-state index in [1.165, 1.54) is 6.07 Å². The van der Waals surface area contributed by atoms with Crippen LogP contribution in [0.5, 0.6) is 0 Å². The van der Waals surface area contributed by atoms with Gasteiger partial charge in [-0.15, -0.1) is 0 Å². The van der Waals surface area contributed by atoms with E-state index in [2.05, 4.69) is 0 Å². The van der Waals surface area contributed by atoms with E-state index in [9.17, 15) is 15.2 Å². The molecule has 2 rings (SSSR count). The molecule has 0 saturated heterocycles. The van der Waals surface area contributed by atoms with E-state index >= 15 is 0 Å². The lowest BCUT2D eigenvalue weighted by Gasteiger charge is -2.12. The number of aliphatic hydroxyl groups excluding tert-OH is 1. The van der Waals surface area contributed by atoms with Crippen LogP contribution in [-0.2, 0) is 6.42 Å². The van der Waals surface area contributed by atoms with Crippen molar-refractivity contribution in [2.45, 2.75) is 25.9 Å². The number of nitro benzene ring substituents is 1. The zero-order valence-electron chi connectivity index (χ0n) is 11.3. The molecule has 0 aliphatic rings. The third kappa shape index (κ3) is 3.22. The van der Waals surface area contributed by atoms with Gasteiger partial charge in [-0.2, -0.15) is 0 Å². The fraction of sp³-hybridized carbons (Fsp3) is 0.250. The van der Waals surface area contributed by atoms with Gasteiger partial charge in [0.25, 0.3) is 5.69 Å². The van der Waals surface area contributed by atoms with E-state index in [1.807, 2.05) is 36.4 Å². The van der Waals surface area contributed by atoms with E-state index in [4.69, 9.17) is 0 Å². The van der Waals surface area contributed by atoms with Crippen LogP contribution in [0.15, 0.2) is 48.5 Å². The Morgan fingerprint density at radius 3 is 2.50 bits per heavy atom. The molecule has 0 aliphatic heterocycles. The van der Waals surface area contributed by atoms with E-state index in [1.54, 1.807) is 13.0 Å². The fourth-order valence-electron chi connectivity index (χ4n) is 2.27. The summed E-state index contributed by atoms with van der Waals surface area (Å²) in [6.45, 7) is 1.75. The summed E-state index contributed by atoms with van der Waals surface area (Å²) in [5.41, 5.74) is 2.60. The molecule has 0 fully saturated rings. The van der Waals surface area contributed by atoms with Crippen molar-refractivity contribution in [3.8, 4) is 0 Å². The predicted octanol–water partition coefficient (Wildman–Crippen LogP) is 3.57. The second-order valence-corrected chi connectivity index (χ2v) is 4.78. The van der Waals surface area contributed by atoms with Gasteiger partial charge in [-0.3, -0.25) is 10.1 Å². The number of nitro groups is 1. The van der Waals surface area contributed by atoms with Gasteiger partial charge in [0.2, 0.25) is 0 Å². The summed E-state index contributed by atoms with van der Waals surface area (Å²) < 4.78 is 0. The molecule has 0 radical (unpaired) electrons. The maximum absolute atomic E-state index is 10.9. The summed E-state index contributed by atoms with van der Waals surface area (Å²) in [4.78, 5) is 10.5. The highest BCUT2D eigenvalue weighted by atomic mass is 16.6. The van der Waals surface area contributed by atoms with Gasteiger partial charge in [0, 0.05) is 11.6 Å². The van der Waals surface area contributed by atoms with Crippen LogP contribution in [0, 0.1) is 17.0 Å². The summed E-state index contributed by atoms with van der Waals surface area (Å²) in [6, 6.07) is 14.5. The molecule has 2 aromatic rings. The first-order valence-electron chi connectivity index (χ1n) is 6.55. The van der Waals surface area contributed by atoms with Crippen LogP contribution in [0.25, 0.3) is 0 Å². The SMILES string of the molecule is Cc1c(CCC(O)c2ccccc2)cccc1[N+](=O)[O-]. The zero-order valence-corrected chi connectivity index (χ0v) is 11.3. The van der Waals surface area contributed by atoms with Gasteiger partial charge >= 0.3 is 0 Å². The van der Waals surface area contributed by atoms with Crippen LogP contribution in [0.1, 0.15) is 29.2 Å². The lowest BCUT2D eigenvalue weighted by Crippen LogP contribution is -2.02. The molecule has 1 N–H and O–H groups in total. The molecule has 0 spiro atoms. The van der Waals surface area contributed by atoms with E-state index in [0.29, 0.717) is 18.4 Å². The predicted molar refractivity (Wildman–Crippen MR) is 77.6 cm³/mol. The molecule has 1 unspecified atom stereocenters. The van der Waals surface area contributed by atoms with Crippen LogP contribution in [0.2, 0.25) is 0 Å². The second-order valence-electron chi connectivity index (χ2n) is 4.78. The molecule has 1 atom stereocenters. The molecule has 0 heterocycles. The van der Waals surface area contributed by atoms with Gasteiger partial charge in [0.05, 0.1) is 11.0 Å². The van der Waals surface area contributed by atoms with Crippen LogP contribution in [0.4, 0.5) is 5.69 Å². The highest BCUT2D eigenvalue weighted by Gasteiger charge is 2.14. The van der Waals surface area contributed by atoms with E-state index in [0.717, 1.165) is 11.1 Å². The third-order valence-electron chi connectivity index (χ3n) is 3.49. The number of nitrogens with zero attached hydrogens (tertiary/aromatic N) is 1. The highest BCUT2D eigenvalue weighted by molar-refractivity contribution is 5.44. The van der Waals surface area contributed by atoms with Crippen molar-refractivity contribution < 1.29 is 10.0 Å². The molecule has 0 bridgehead atoms. The summed E-state index contributed by atoms with van der Waals surface area (Å²) in [5, 5.41) is 21.0. The lowest BCUT2D eigenvalue weighted by molar-refractivity contribution is -0.385. The number of rotatable bonds is 5. The topological polar surface area (TPSA) is 63.4 Å². The average Bonchev–Trinajstić information content (AvgIpc) is 2.46. The Hall–Kier alpha value is -2.20. The Bertz CT molecular complexity index is 596. The monoisotopic (exact) mass is 271 g/mol. The number of hydrogen-bond donors (Lipinski definition) is 1. The minimum atomic E-state index is -0.546. The molecule has 0 aromatic heterocycles. The Kier molecular flexibility index (Phi) is 4.48. The maximum atomic E-state index is 10.9. The molecular weight excluding hydrogens is 254 g/mol. The van der Waals surface area contributed by atoms with Crippen LogP contribution in [-0.4, -0.2) is 10.0 Å². The Balaban J connectivity index is 2.08.